The molecule has 1 aromatic heterocycles. The Kier molecular flexibility index (Phi) is 10.1. The molecule has 2 nitrogen and oxygen atoms in total. The lowest BCUT2D eigenvalue weighted by Gasteiger charge is -2.34. The zero-order chi connectivity index (χ0) is 44.6. The first-order valence-electron chi connectivity index (χ1n) is 23.0. The Hall–Kier alpha value is -8.72. The van der Waals surface area contributed by atoms with Crippen LogP contribution in [0.4, 0.5) is 0 Å². The van der Waals surface area contributed by atoms with Crippen LogP contribution >= 0.6 is 0 Å². The van der Waals surface area contributed by atoms with Gasteiger partial charge in [-0.3, -0.25) is 0 Å². The molecule has 1 heterocycles. The van der Waals surface area contributed by atoms with Gasteiger partial charge in [0.05, 0.1) is 16.8 Å². The number of hydrogen-bond donors (Lipinski definition) is 0. The summed E-state index contributed by atoms with van der Waals surface area (Å²) in [6, 6.07) is 96.3. The van der Waals surface area contributed by atoms with Gasteiger partial charge in [-0.25, -0.2) is 9.97 Å². The second-order valence-electron chi connectivity index (χ2n) is 17.3. The van der Waals surface area contributed by atoms with Gasteiger partial charge < -0.3 is 0 Å². The lowest BCUT2D eigenvalue weighted by Crippen LogP contribution is -2.28. The van der Waals surface area contributed by atoms with Gasteiger partial charge in [-0.1, -0.05) is 231 Å². The van der Waals surface area contributed by atoms with E-state index in [1.54, 1.807) is 0 Å². The van der Waals surface area contributed by atoms with E-state index in [0.29, 0.717) is 5.82 Å². The number of fused-ring (bicyclic) bond motifs is 3. The fourth-order valence-corrected chi connectivity index (χ4v) is 10.3. The molecule has 1 aliphatic rings. The van der Waals surface area contributed by atoms with Crippen molar-refractivity contribution < 1.29 is 0 Å². The summed E-state index contributed by atoms with van der Waals surface area (Å²) >= 11 is 0. The summed E-state index contributed by atoms with van der Waals surface area (Å²) in [5, 5.41) is 0. The molecular formula is C65H44N2. The molecule has 0 saturated heterocycles. The smallest absolute Gasteiger partial charge is 0.160 e. The minimum atomic E-state index is -0.512. The molecule has 1 aliphatic carbocycles. The number of nitrogens with zero attached hydrogens (tertiary/aromatic N) is 2. The molecule has 0 atom stereocenters. The summed E-state index contributed by atoms with van der Waals surface area (Å²) in [5.74, 6) is 0.694. The van der Waals surface area contributed by atoms with Gasteiger partial charge >= 0.3 is 0 Å². The highest BCUT2D eigenvalue weighted by atomic mass is 14.9. The van der Waals surface area contributed by atoms with Gasteiger partial charge in [-0.2, -0.15) is 0 Å². The van der Waals surface area contributed by atoms with Crippen LogP contribution in [0.2, 0.25) is 0 Å². The van der Waals surface area contributed by atoms with Crippen LogP contribution in [-0.4, -0.2) is 9.97 Å². The van der Waals surface area contributed by atoms with E-state index in [9.17, 15) is 0 Å². The van der Waals surface area contributed by atoms with Crippen molar-refractivity contribution in [3.8, 4) is 89.5 Å². The van der Waals surface area contributed by atoms with Crippen LogP contribution < -0.4 is 0 Å². The first kappa shape index (κ1) is 39.8. The highest BCUT2D eigenvalue weighted by Gasteiger charge is 2.46. The van der Waals surface area contributed by atoms with Crippen molar-refractivity contribution in [2.75, 3.05) is 0 Å². The molecule has 0 N–H and O–H groups in total. The van der Waals surface area contributed by atoms with Gasteiger partial charge in [0.15, 0.2) is 5.82 Å². The maximum absolute atomic E-state index is 5.23. The molecule has 0 bridgehead atoms. The summed E-state index contributed by atoms with van der Waals surface area (Å²) in [6.07, 6.45) is 0. The van der Waals surface area contributed by atoms with Gasteiger partial charge in [0.1, 0.15) is 0 Å². The predicted octanol–water partition coefficient (Wildman–Crippen LogP) is 16.5. The molecule has 10 aromatic carbocycles. The van der Waals surface area contributed by atoms with E-state index in [2.05, 4.69) is 249 Å². The molecule has 0 spiro atoms. The van der Waals surface area contributed by atoms with Crippen LogP contribution in [0.15, 0.2) is 267 Å². The Balaban J connectivity index is 1.01. The average Bonchev–Trinajstić information content (AvgIpc) is 3.71. The van der Waals surface area contributed by atoms with Crippen LogP contribution in [-0.2, 0) is 5.41 Å². The molecular weight excluding hydrogens is 809 g/mol. The van der Waals surface area contributed by atoms with E-state index in [1.807, 2.05) is 18.2 Å². The third-order valence-electron chi connectivity index (χ3n) is 13.4. The van der Waals surface area contributed by atoms with E-state index < -0.39 is 5.41 Å². The summed E-state index contributed by atoms with van der Waals surface area (Å²) in [5.41, 5.74) is 21.2. The number of hydrogen-bond acceptors (Lipinski definition) is 2. The topological polar surface area (TPSA) is 25.8 Å². The third kappa shape index (κ3) is 7.17. The van der Waals surface area contributed by atoms with E-state index in [0.717, 1.165) is 50.3 Å². The standard InChI is InChI=1S/C65H44N2/c1-6-21-45(22-7-1)48-27-19-31-52(40-48)62-44-63(67-64(66-62)47-25-10-3-11-26-47)53-32-20-29-50(41-53)49-28-18-30-51(39-49)58-43-61-59(42-57(58)46-23-8-2-9-24-46)56-37-16-17-38-60(56)65(61,54-33-12-4-13-34-54)55-35-14-5-15-36-55/h1-44H. The summed E-state index contributed by atoms with van der Waals surface area (Å²) in [4.78, 5) is 10.4. The lowest BCUT2D eigenvalue weighted by atomic mass is 9.67. The molecule has 0 amide bonds. The van der Waals surface area contributed by atoms with Crippen LogP contribution in [0.25, 0.3) is 89.5 Å². The fourth-order valence-electron chi connectivity index (χ4n) is 10.3. The summed E-state index contributed by atoms with van der Waals surface area (Å²) < 4.78 is 0. The van der Waals surface area contributed by atoms with E-state index in [1.165, 1.54) is 55.6 Å². The maximum Gasteiger partial charge on any atom is 0.160 e. The molecule has 0 fully saturated rings. The Morgan fingerprint density at radius 3 is 1.19 bits per heavy atom. The van der Waals surface area contributed by atoms with Crippen molar-refractivity contribution in [1.29, 1.82) is 0 Å². The monoisotopic (exact) mass is 852 g/mol. The summed E-state index contributed by atoms with van der Waals surface area (Å²) in [6.45, 7) is 0. The number of rotatable bonds is 9. The Labute approximate surface area is 392 Å². The van der Waals surface area contributed by atoms with Gasteiger partial charge in [0, 0.05) is 16.7 Å². The van der Waals surface area contributed by atoms with Crippen molar-refractivity contribution in [3.63, 3.8) is 0 Å². The molecule has 12 rings (SSSR count). The molecule has 11 aromatic rings. The predicted molar refractivity (Wildman–Crippen MR) is 277 cm³/mol. The maximum atomic E-state index is 5.23. The van der Waals surface area contributed by atoms with Gasteiger partial charge in [0.2, 0.25) is 0 Å². The highest BCUT2D eigenvalue weighted by Crippen LogP contribution is 2.58. The highest BCUT2D eigenvalue weighted by molar-refractivity contribution is 5.95. The quantitative estimate of drug-likeness (QED) is 0.145. The van der Waals surface area contributed by atoms with Crippen molar-refractivity contribution >= 4 is 0 Å². The van der Waals surface area contributed by atoms with Crippen LogP contribution in [0, 0.1) is 0 Å². The van der Waals surface area contributed by atoms with Crippen molar-refractivity contribution in [3.05, 3.63) is 289 Å². The second-order valence-corrected chi connectivity index (χ2v) is 17.3. The zero-order valence-electron chi connectivity index (χ0n) is 36.8. The second kappa shape index (κ2) is 17.0. The van der Waals surface area contributed by atoms with Gasteiger partial charge in [0.25, 0.3) is 0 Å². The van der Waals surface area contributed by atoms with E-state index >= 15 is 0 Å². The molecule has 67 heavy (non-hydrogen) atoms. The van der Waals surface area contributed by atoms with E-state index in [4.69, 9.17) is 9.97 Å². The number of benzene rings is 10. The Morgan fingerprint density at radius 1 is 0.224 bits per heavy atom. The van der Waals surface area contributed by atoms with Crippen LogP contribution in [0.5, 0.6) is 0 Å². The van der Waals surface area contributed by atoms with Gasteiger partial charge in [-0.15, -0.1) is 0 Å². The first-order valence-corrected chi connectivity index (χ1v) is 23.0. The third-order valence-corrected chi connectivity index (χ3v) is 13.4. The van der Waals surface area contributed by atoms with E-state index in [-0.39, 0.29) is 0 Å². The normalized spacial score (nSPS) is 12.3. The Morgan fingerprint density at radius 2 is 0.627 bits per heavy atom. The van der Waals surface area contributed by atoms with Crippen LogP contribution in [0.1, 0.15) is 22.3 Å². The largest absolute Gasteiger partial charge is 0.228 e. The van der Waals surface area contributed by atoms with Crippen molar-refractivity contribution in [2.45, 2.75) is 5.41 Å². The lowest BCUT2D eigenvalue weighted by molar-refractivity contribution is 0.769. The first-order chi connectivity index (χ1) is 33.2. The molecule has 0 aliphatic heterocycles. The van der Waals surface area contributed by atoms with Crippen molar-refractivity contribution in [1.82, 2.24) is 9.97 Å². The zero-order valence-corrected chi connectivity index (χ0v) is 36.8. The minimum Gasteiger partial charge on any atom is -0.228 e. The fraction of sp³-hybridized carbons (Fsp3) is 0.0154. The molecule has 314 valence electrons. The molecule has 0 unspecified atom stereocenters. The molecule has 2 heteroatoms. The summed E-state index contributed by atoms with van der Waals surface area (Å²) in [7, 11) is 0. The minimum absolute atomic E-state index is 0.512. The average molecular weight is 853 g/mol. The van der Waals surface area contributed by atoms with Crippen LogP contribution in [0.3, 0.4) is 0 Å². The molecule has 0 saturated carbocycles. The van der Waals surface area contributed by atoms with Gasteiger partial charge in [-0.05, 0) is 114 Å². The van der Waals surface area contributed by atoms with Crippen molar-refractivity contribution in [2.24, 2.45) is 0 Å². The SMILES string of the molecule is c1ccc(-c2cccc(-c3cc(-c4cccc(-c5cccc(-c6cc7c(cc6-c6ccccc6)-c6ccccc6C7(c6ccccc6)c6ccccc6)c5)c4)nc(-c4ccccc4)n3)c2)cc1. The Bertz CT molecular complexity index is 3510. The number of aromatic nitrogens is 2. The molecule has 0 radical (unpaired) electrons.